The molecule has 1 aliphatic heterocycles. The molecule has 0 bridgehead atoms. The third kappa shape index (κ3) is 4.47. The summed E-state index contributed by atoms with van der Waals surface area (Å²) in [5, 5.41) is 4.82. The van der Waals surface area contributed by atoms with Crippen molar-refractivity contribution in [3.63, 3.8) is 0 Å². The Labute approximate surface area is 113 Å². The van der Waals surface area contributed by atoms with Crippen molar-refractivity contribution in [2.75, 3.05) is 32.7 Å². The number of rotatable bonds is 4. The first kappa shape index (κ1) is 13.2. The molecule has 1 fully saturated rings. The van der Waals surface area contributed by atoms with E-state index in [2.05, 4.69) is 10.2 Å². The fourth-order valence-electron chi connectivity index (χ4n) is 2.20. The van der Waals surface area contributed by atoms with E-state index in [0.717, 1.165) is 55.6 Å². The summed E-state index contributed by atoms with van der Waals surface area (Å²) in [6, 6.07) is 5.79. The second-order valence-electron chi connectivity index (χ2n) is 4.47. The van der Waals surface area contributed by atoms with E-state index < -0.39 is 0 Å². The molecule has 1 aromatic rings. The van der Waals surface area contributed by atoms with Crippen molar-refractivity contribution in [1.29, 1.82) is 0 Å². The lowest BCUT2D eigenvalue weighted by Gasteiger charge is -2.27. The van der Waals surface area contributed by atoms with Crippen LogP contribution in [0.15, 0.2) is 18.2 Å². The van der Waals surface area contributed by atoms with E-state index in [4.69, 9.17) is 23.2 Å². The molecule has 0 spiro atoms. The van der Waals surface area contributed by atoms with Gasteiger partial charge in [0.25, 0.3) is 0 Å². The standard InChI is InChI=1S/C13H18Cl2N2/c14-12-8-11(9-13(15)10-12)2-1-5-17-6-3-16-4-7-17/h8-10,16H,1-7H2. The van der Waals surface area contributed by atoms with E-state index in [9.17, 15) is 0 Å². The van der Waals surface area contributed by atoms with Crippen LogP contribution in [0.5, 0.6) is 0 Å². The zero-order valence-corrected chi connectivity index (χ0v) is 11.4. The van der Waals surface area contributed by atoms with Gasteiger partial charge in [-0.1, -0.05) is 23.2 Å². The lowest BCUT2D eigenvalue weighted by atomic mass is 10.1. The van der Waals surface area contributed by atoms with Gasteiger partial charge in [0.15, 0.2) is 0 Å². The van der Waals surface area contributed by atoms with E-state index in [0.29, 0.717) is 0 Å². The van der Waals surface area contributed by atoms with Crippen LogP contribution in [0.2, 0.25) is 10.0 Å². The molecule has 1 aromatic carbocycles. The molecule has 1 heterocycles. The Morgan fingerprint density at radius 2 is 1.71 bits per heavy atom. The SMILES string of the molecule is Clc1cc(Cl)cc(CCCN2CCNCC2)c1. The quantitative estimate of drug-likeness (QED) is 0.907. The Morgan fingerprint density at radius 1 is 1.06 bits per heavy atom. The summed E-state index contributed by atoms with van der Waals surface area (Å²) < 4.78 is 0. The number of aryl methyl sites for hydroxylation is 1. The molecule has 0 aliphatic carbocycles. The highest BCUT2D eigenvalue weighted by Gasteiger charge is 2.08. The Balaban J connectivity index is 1.77. The van der Waals surface area contributed by atoms with Crippen LogP contribution in [-0.2, 0) is 6.42 Å². The molecule has 0 unspecified atom stereocenters. The van der Waals surface area contributed by atoms with Crippen LogP contribution in [0.4, 0.5) is 0 Å². The topological polar surface area (TPSA) is 15.3 Å². The predicted octanol–water partition coefficient (Wildman–Crippen LogP) is 2.83. The molecule has 4 heteroatoms. The second-order valence-corrected chi connectivity index (χ2v) is 5.35. The maximum Gasteiger partial charge on any atom is 0.0423 e. The fraction of sp³-hybridized carbons (Fsp3) is 0.538. The molecular weight excluding hydrogens is 255 g/mol. The molecule has 0 atom stereocenters. The van der Waals surface area contributed by atoms with E-state index in [1.54, 1.807) is 6.07 Å². The fourth-order valence-corrected chi connectivity index (χ4v) is 2.77. The monoisotopic (exact) mass is 272 g/mol. The number of hydrogen-bond donors (Lipinski definition) is 1. The van der Waals surface area contributed by atoms with Crippen LogP contribution in [0.25, 0.3) is 0 Å². The lowest BCUT2D eigenvalue weighted by Crippen LogP contribution is -2.43. The molecule has 0 amide bonds. The zero-order valence-electron chi connectivity index (χ0n) is 9.88. The number of benzene rings is 1. The summed E-state index contributed by atoms with van der Waals surface area (Å²) in [5.74, 6) is 0. The van der Waals surface area contributed by atoms with Crippen molar-refractivity contribution in [2.24, 2.45) is 0 Å². The minimum atomic E-state index is 0.731. The minimum Gasteiger partial charge on any atom is -0.314 e. The van der Waals surface area contributed by atoms with E-state index in [-0.39, 0.29) is 0 Å². The van der Waals surface area contributed by atoms with Crippen molar-refractivity contribution >= 4 is 23.2 Å². The molecule has 1 saturated heterocycles. The number of hydrogen-bond acceptors (Lipinski definition) is 2. The molecule has 0 saturated carbocycles. The maximum absolute atomic E-state index is 5.97. The number of nitrogens with one attached hydrogen (secondary N) is 1. The second kappa shape index (κ2) is 6.60. The van der Waals surface area contributed by atoms with Gasteiger partial charge in [0, 0.05) is 36.2 Å². The van der Waals surface area contributed by atoms with Gasteiger partial charge in [0.05, 0.1) is 0 Å². The highest BCUT2D eigenvalue weighted by atomic mass is 35.5. The van der Waals surface area contributed by atoms with Crippen LogP contribution in [-0.4, -0.2) is 37.6 Å². The van der Waals surface area contributed by atoms with Gasteiger partial charge in [-0.2, -0.15) is 0 Å². The summed E-state index contributed by atoms with van der Waals surface area (Å²) in [5.41, 5.74) is 1.23. The predicted molar refractivity (Wildman–Crippen MR) is 74.1 cm³/mol. The first-order valence-electron chi connectivity index (χ1n) is 6.12. The van der Waals surface area contributed by atoms with Crippen molar-refractivity contribution in [1.82, 2.24) is 10.2 Å². The van der Waals surface area contributed by atoms with Crippen molar-refractivity contribution in [2.45, 2.75) is 12.8 Å². The summed E-state index contributed by atoms with van der Waals surface area (Å²) >= 11 is 11.9. The number of nitrogens with zero attached hydrogens (tertiary/aromatic N) is 1. The largest absolute Gasteiger partial charge is 0.314 e. The summed E-state index contributed by atoms with van der Waals surface area (Å²) in [4.78, 5) is 2.50. The number of halogens is 2. The maximum atomic E-state index is 5.97. The first-order chi connectivity index (χ1) is 8.24. The molecule has 1 aliphatic rings. The molecule has 1 N–H and O–H groups in total. The summed E-state index contributed by atoms with van der Waals surface area (Å²) in [6.07, 6.45) is 2.21. The lowest BCUT2D eigenvalue weighted by molar-refractivity contribution is 0.238. The van der Waals surface area contributed by atoms with Crippen molar-refractivity contribution < 1.29 is 0 Å². The van der Waals surface area contributed by atoms with Gasteiger partial charge in [-0.25, -0.2) is 0 Å². The van der Waals surface area contributed by atoms with Gasteiger partial charge in [0.2, 0.25) is 0 Å². The van der Waals surface area contributed by atoms with Gasteiger partial charge in [-0.05, 0) is 43.1 Å². The van der Waals surface area contributed by atoms with Gasteiger partial charge in [-0.15, -0.1) is 0 Å². The highest BCUT2D eigenvalue weighted by molar-refractivity contribution is 6.34. The molecule has 2 rings (SSSR count). The number of piperazine rings is 1. The molecule has 0 aromatic heterocycles. The van der Waals surface area contributed by atoms with Crippen LogP contribution in [0.1, 0.15) is 12.0 Å². The molecule has 0 radical (unpaired) electrons. The summed E-state index contributed by atoms with van der Waals surface area (Å²) in [7, 11) is 0. The van der Waals surface area contributed by atoms with Gasteiger partial charge >= 0.3 is 0 Å². The van der Waals surface area contributed by atoms with E-state index in [1.807, 2.05) is 12.1 Å². The van der Waals surface area contributed by atoms with Crippen LogP contribution in [0.3, 0.4) is 0 Å². The molecule has 2 nitrogen and oxygen atoms in total. The van der Waals surface area contributed by atoms with Gasteiger partial charge in [-0.3, -0.25) is 0 Å². The van der Waals surface area contributed by atoms with E-state index in [1.165, 1.54) is 5.56 Å². The van der Waals surface area contributed by atoms with Gasteiger partial charge in [0.1, 0.15) is 0 Å². The minimum absolute atomic E-state index is 0.731. The first-order valence-corrected chi connectivity index (χ1v) is 6.88. The van der Waals surface area contributed by atoms with Gasteiger partial charge < -0.3 is 10.2 Å². The smallest absolute Gasteiger partial charge is 0.0423 e. The Hall–Kier alpha value is -0.280. The molecule has 94 valence electrons. The average molecular weight is 273 g/mol. The molecule has 17 heavy (non-hydrogen) atoms. The molecular formula is C13H18Cl2N2. The third-order valence-electron chi connectivity index (χ3n) is 3.07. The van der Waals surface area contributed by atoms with Crippen LogP contribution in [0, 0.1) is 0 Å². The third-order valence-corrected chi connectivity index (χ3v) is 3.51. The van der Waals surface area contributed by atoms with Crippen molar-refractivity contribution in [3.8, 4) is 0 Å². The normalized spacial score (nSPS) is 17.3. The Morgan fingerprint density at radius 3 is 2.35 bits per heavy atom. The van der Waals surface area contributed by atoms with E-state index >= 15 is 0 Å². The average Bonchev–Trinajstić information content (AvgIpc) is 2.29. The summed E-state index contributed by atoms with van der Waals surface area (Å²) in [6.45, 7) is 5.71. The van der Waals surface area contributed by atoms with Crippen LogP contribution >= 0.6 is 23.2 Å². The highest BCUT2D eigenvalue weighted by Crippen LogP contribution is 2.20. The Bertz CT molecular complexity index is 342. The zero-order chi connectivity index (χ0) is 12.1. The van der Waals surface area contributed by atoms with Crippen molar-refractivity contribution in [3.05, 3.63) is 33.8 Å². The Kier molecular flexibility index (Phi) is 5.11. The van der Waals surface area contributed by atoms with Crippen LogP contribution < -0.4 is 5.32 Å².